The average molecular weight is 322 g/mol. The molecule has 1 aromatic rings. The molecule has 0 unspecified atom stereocenters. The maximum absolute atomic E-state index is 12.1. The topological polar surface area (TPSA) is 96.3 Å². The third kappa shape index (κ3) is 4.24. The molecule has 0 radical (unpaired) electrons. The minimum Gasteiger partial charge on any atom is -0.481 e. The van der Waals surface area contributed by atoms with E-state index in [1.165, 1.54) is 0 Å². The van der Waals surface area contributed by atoms with E-state index in [-0.39, 0.29) is 23.9 Å². The van der Waals surface area contributed by atoms with E-state index >= 15 is 0 Å². The number of nitrogens with zero attached hydrogens (tertiary/aromatic N) is 2. The summed E-state index contributed by atoms with van der Waals surface area (Å²) in [4.78, 5) is 22.9. The van der Waals surface area contributed by atoms with Crippen molar-refractivity contribution in [3.8, 4) is 0 Å². The molecule has 3 N–H and O–H groups in total. The van der Waals surface area contributed by atoms with Crippen molar-refractivity contribution in [1.82, 2.24) is 15.1 Å². The number of carbonyl (C=O) groups excluding carboxylic acids is 1. The van der Waals surface area contributed by atoms with Crippen LogP contribution < -0.4 is 10.6 Å². The number of rotatable bonds is 6. The van der Waals surface area contributed by atoms with E-state index in [1.807, 2.05) is 4.68 Å². The molecule has 7 heteroatoms. The number of amides is 2. The van der Waals surface area contributed by atoms with Crippen molar-refractivity contribution in [3.05, 3.63) is 11.9 Å². The van der Waals surface area contributed by atoms with Crippen LogP contribution in [0.15, 0.2) is 6.20 Å². The molecule has 1 aliphatic rings. The van der Waals surface area contributed by atoms with E-state index in [1.54, 1.807) is 6.20 Å². The zero-order chi connectivity index (χ0) is 17.1. The van der Waals surface area contributed by atoms with Crippen molar-refractivity contribution in [2.75, 3.05) is 5.32 Å². The van der Waals surface area contributed by atoms with Crippen LogP contribution in [0.3, 0.4) is 0 Å². The quantitative estimate of drug-likeness (QED) is 0.750. The third-order valence-electron chi connectivity index (χ3n) is 4.04. The monoisotopic (exact) mass is 322 g/mol. The van der Waals surface area contributed by atoms with Gasteiger partial charge in [0.05, 0.1) is 23.5 Å². The van der Waals surface area contributed by atoms with Gasteiger partial charge >= 0.3 is 12.0 Å². The fourth-order valence-corrected chi connectivity index (χ4v) is 2.87. The Morgan fingerprint density at radius 3 is 2.52 bits per heavy atom. The second-order valence-corrected chi connectivity index (χ2v) is 6.98. The number of aliphatic carboxylic acids is 1. The van der Waals surface area contributed by atoms with Crippen LogP contribution in [0.25, 0.3) is 0 Å². The Labute approximate surface area is 136 Å². The highest BCUT2D eigenvalue weighted by atomic mass is 16.4. The molecule has 2 amide bonds. The summed E-state index contributed by atoms with van der Waals surface area (Å²) in [6.45, 7) is 9.20. The second-order valence-electron chi connectivity index (χ2n) is 6.98. The number of nitrogens with one attached hydrogen (secondary N) is 2. The number of carboxylic acid groups (broad SMARTS) is 1. The molecule has 0 bridgehead atoms. The molecule has 1 saturated carbocycles. The molecular formula is C16H26N4O3. The molecule has 1 heterocycles. The van der Waals surface area contributed by atoms with Crippen molar-refractivity contribution in [1.29, 1.82) is 0 Å². The lowest BCUT2D eigenvalue weighted by Crippen LogP contribution is -2.48. The highest BCUT2D eigenvalue weighted by Gasteiger charge is 2.35. The first-order valence-electron chi connectivity index (χ1n) is 8.14. The van der Waals surface area contributed by atoms with Gasteiger partial charge in [0.1, 0.15) is 0 Å². The second kappa shape index (κ2) is 7.02. The Morgan fingerprint density at radius 1 is 1.35 bits per heavy atom. The van der Waals surface area contributed by atoms with Gasteiger partial charge in [-0.05, 0) is 24.7 Å². The summed E-state index contributed by atoms with van der Waals surface area (Å²) in [5.74, 6) is -0.413. The van der Waals surface area contributed by atoms with Gasteiger partial charge in [-0.1, -0.05) is 27.7 Å². The molecule has 1 fully saturated rings. The van der Waals surface area contributed by atoms with Gasteiger partial charge in [-0.3, -0.25) is 9.48 Å². The molecule has 1 aliphatic carbocycles. The van der Waals surface area contributed by atoms with E-state index in [0.29, 0.717) is 24.4 Å². The van der Waals surface area contributed by atoms with E-state index in [2.05, 4.69) is 43.4 Å². The number of hydrogen-bond acceptors (Lipinski definition) is 3. The molecule has 2 rings (SSSR count). The van der Waals surface area contributed by atoms with E-state index in [9.17, 15) is 9.59 Å². The van der Waals surface area contributed by atoms with Gasteiger partial charge in [0.15, 0.2) is 0 Å². The number of carboxylic acids is 1. The van der Waals surface area contributed by atoms with E-state index < -0.39 is 5.97 Å². The molecule has 0 aromatic carbocycles. The minimum absolute atomic E-state index is 0.0655. The summed E-state index contributed by atoms with van der Waals surface area (Å²) in [6, 6.07) is -0.367. The van der Waals surface area contributed by atoms with Gasteiger partial charge in [-0.2, -0.15) is 5.10 Å². The molecule has 23 heavy (non-hydrogen) atoms. The average Bonchev–Trinajstić information content (AvgIpc) is 2.74. The van der Waals surface area contributed by atoms with Crippen LogP contribution in [0.2, 0.25) is 0 Å². The summed E-state index contributed by atoms with van der Waals surface area (Å²) in [7, 11) is 0. The molecule has 1 aromatic heterocycles. The molecule has 0 spiro atoms. The summed E-state index contributed by atoms with van der Waals surface area (Å²) in [6.07, 6.45) is 2.66. The van der Waals surface area contributed by atoms with Crippen LogP contribution in [0.1, 0.15) is 52.1 Å². The Balaban J connectivity index is 1.96. The molecule has 7 nitrogen and oxygen atoms in total. The SMILES string of the molecule is CC(C)Cn1ncc(NC(=O)NC2CC(C(=O)O)C2)c1C(C)C. The van der Waals surface area contributed by atoms with Crippen molar-refractivity contribution >= 4 is 17.7 Å². The van der Waals surface area contributed by atoms with Gasteiger partial charge in [-0.15, -0.1) is 0 Å². The standard InChI is InChI=1S/C16H26N4O3/c1-9(2)8-20-14(10(3)4)13(7-17-20)19-16(23)18-12-5-11(6-12)15(21)22/h7,9-12H,5-6,8H2,1-4H3,(H,21,22)(H2,18,19,23). The number of anilines is 1. The van der Waals surface area contributed by atoms with Gasteiger partial charge < -0.3 is 15.7 Å². The fourth-order valence-electron chi connectivity index (χ4n) is 2.87. The Morgan fingerprint density at radius 2 is 2.00 bits per heavy atom. The van der Waals surface area contributed by atoms with Crippen molar-refractivity contribution in [3.63, 3.8) is 0 Å². The van der Waals surface area contributed by atoms with E-state index in [4.69, 9.17) is 5.11 Å². The summed E-state index contributed by atoms with van der Waals surface area (Å²) in [5, 5.41) is 18.9. The van der Waals surface area contributed by atoms with Crippen molar-refractivity contribution in [2.24, 2.45) is 11.8 Å². The zero-order valence-electron chi connectivity index (χ0n) is 14.2. The highest BCUT2D eigenvalue weighted by Crippen LogP contribution is 2.28. The maximum atomic E-state index is 12.1. The minimum atomic E-state index is -0.791. The first-order valence-corrected chi connectivity index (χ1v) is 8.14. The lowest BCUT2D eigenvalue weighted by Gasteiger charge is -2.32. The van der Waals surface area contributed by atoms with Crippen molar-refractivity contribution < 1.29 is 14.7 Å². The Kier molecular flexibility index (Phi) is 5.28. The van der Waals surface area contributed by atoms with Crippen LogP contribution in [-0.2, 0) is 11.3 Å². The number of carbonyl (C=O) groups is 2. The van der Waals surface area contributed by atoms with Gasteiger partial charge in [0, 0.05) is 12.6 Å². The largest absolute Gasteiger partial charge is 0.481 e. The molecular weight excluding hydrogens is 296 g/mol. The molecule has 128 valence electrons. The smallest absolute Gasteiger partial charge is 0.319 e. The van der Waals surface area contributed by atoms with Crippen LogP contribution in [-0.4, -0.2) is 32.9 Å². The molecule has 0 atom stereocenters. The molecule has 0 saturated heterocycles. The highest BCUT2D eigenvalue weighted by molar-refractivity contribution is 5.90. The predicted octanol–water partition coefficient (Wildman–Crippen LogP) is 2.65. The van der Waals surface area contributed by atoms with Gasteiger partial charge in [0.2, 0.25) is 0 Å². The molecule has 0 aliphatic heterocycles. The van der Waals surface area contributed by atoms with Crippen LogP contribution in [0.5, 0.6) is 0 Å². The third-order valence-corrected chi connectivity index (χ3v) is 4.04. The lowest BCUT2D eigenvalue weighted by molar-refractivity contribution is -0.145. The lowest BCUT2D eigenvalue weighted by atomic mass is 9.80. The zero-order valence-corrected chi connectivity index (χ0v) is 14.2. The van der Waals surface area contributed by atoms with Crippen LogP contribution in [0.4, 0.5) is 10.5 Å². The first kappa shape index (κ1) is 17.3. The maximum Gasteiger partial charge on any atom is 0.319 e. The van der Waals surface area contributed by atoms with Crippen LogP contribution >= 0.6 is 0 Å². The van der Waals surface area contributed by atoms with Gasteiger partial charge in [-0.25, -0.2) is 4.79 Å². The predicted molar refractivity (Wildman–Crippen MR) is 87.5 cm³/mol. The van der Waals surface area contributed by atoms with Crippen LogP contribution in [0, 0.1) is 11.8 Å². The normalized spacial score (nSPS) is 20.4. The number of aromatic nitrogens is 2. The summed E-state index contributed by atoms with van der Waals surface area (Å²) in [5.41, 5.74) is 1.72. The first-order chi connectivity index (χ1) is 10.8. The summed E-state index contributed by atoms with van der Waals surface area (Å²) < 4.78 is 1.94. The van der Waals surface area contributed by atoms with Crippen molar-refractivity contribution in [2.45, 2.75) is 59.0 Å². The number of hydrogen-bond donors (Lipinski definition) is 3. The number of urea groups is 1. The van der Waals surface area contributed by atoms with E-state index in [0.717, 1.165) is 12.2 Å². The Hall–Kier alpha value is -2.05. The van der Waals surface area contributed by atoms with Gasteiger partial charge in [0.25, 0.3) is 0 Å². The fraction of sp³-hybridized carbons (Fsp3) is 0.688. The summed E-state index contributed by atoms with van der Waals surface area (Å²) >= 11 is 0. The Bertz CT molecular complexity index is 574.